The number of anilines is 6. The van der Waals surface area contributed by atoms with Gasteiger partial charge in [-0.3, -0.25) is 24.7 Å². The van der Waals surface area contributed by atoms with Gasteiger partial charge in [-0.25, -0.2) is 18.4 Å². The van der Waals surface area contributed by atoms with Gasteiger partial charge in [-0.1, -0.05) is 0 Å². The standard InChI is InChI=1S/C39H49F2N13O4/c1-48-15-20-53(39(48)58)28-3-2-11-52(24-28)37-45-36(34(35(42)56)46-47-37)43-26-4-6-31(29(40)21-26)51-18-16-49(17-19-51)23-25-8-12-50(13-9-25)27-5-7-32(30(41)22-27)54-14-10-33(55)44-38(54)57/h4-7,21-22,25,28H,2-3,8-20,23-24H2,1H3,(H2,42,56)(H,43,45,47)(H,44,55,57). The van der Waals surface area contributed by atoms with E-state index in [4.69, 9.17) is 5.73 Å². The fraction of sp³-hybridized carbons (Fsp3) is 0.513. The number of piperidine rings is 2. The number of aromatic nitrogens is 3. The summed E-state index contributed by atoms with van der Waals surface area (Å²) in [5.41, 5.74) is 7.27. The number of piperazine rings is 1. The van der Waals surface area contributed by atoms with E-state index >= 15 is 8.78 Å². The first-order valence-electron chi connectivity index (χ1n) is 20.0. The van der Waals surface area contributed by atoms with Crippen LogP contribution in [0, 0.1) is 17.6 Å². The maximum absolute atomic E-state index is 15.7. The lowest BCUT2D eigenvalue weighted by Crippen LogP contribution is -2.50. The number of halogens is 2. The molecule has 58 heavy (non-hydrogen) atoms. The normalized spacial score (nSPS) is 21.2. The molecule has 3 aromatic rings. The molecule has 19 heteroatoms. The predicted octanol–water partition coefficient (Wildman–Crippen LogP) is 2.81. The Bertz CT molecular complexity index is 2060. The van der Waals surface area contributed by atoms with Crippen molar-refractivity contribution < 1.29 is 28.0 Å². The molecule has 2 aromatic carbocycles. The second-order valence-electron chi connectivity index (χ2n) is 15.7. The lowest BCUT2D eigenvalue weighted by atomic mass is 9.95. The SMILES string of the molecule is CN1CCN(C2CCCN(c3nnc(C(N)=O)c(Nc4ccc(N5CCN(CC6CCN(c7ccc(N8CCC(=O)NC8=O)c(F)c7)CC6)CC5)c(F)c4)n3)C2)C1=O. The first kappa shape index (κ1) is 39.0. The van der Waals surface area contributed by atoms with Gasteiger partial charge in [-0.05, 0) is 68.0 Å². The summed E-state index contributed by atoms with van der Waals surface area (Å²) in [6.45, 7) is 8.11. The van der Waals surface area contributed by atoms with Crippen LogP contribution in [0.4, 0.5) is 52.9 Å². The maximum Gasteiger partial charge on any atom is 0.328 e. The van der Waals surface area contributed by atoms with E-state index in [9.17, 15) is 19.2 Å². The fourth-order valence-corrected chi connectivity index (χ4v) is 8.70. The highest BCUT2D eigenvalue weighted by molar-refractivity contribution is 6.05. The zero-order valence-electron chi connectivity index (χ0n) is 32.6. The van der Waals surface area contributed by atoms with E-state index in [1.807, 2.05) is 20.8 Å². The van der Waals surface area contributed by atoms with Gasteiger partial charge in [0.15, 0.2) is 11.5 Å². The summed E-state index contributed by atoms with van der Waals surface area (Å²) in [4.78, 5) is 66.6. The number of likely N-dealkylation sites (N-methyl/N-ethyl adjacent to an activating group) is 1. The Morgan fingerprint density at radius 2 is 1.60 bits per heavy atom. The lowest BCUT2D eigenvalue weighted by molar-refractivity contribution is -0.120. The van der Waals surface area contributed by atoms with Crippen LogP contribution >= 0.6 is 0 Å². The number of nitrogens with zero attached hydrogens (tertiary/aromatic N) is 10. The number of carbonyl (C=O) groups excluding carboxylic acids is 4. The van der Waals surface area contributed by atoms with Crippen molar-refractivity contribution in [3.05, 3.63) is 53.7 Å². The third-order valence-corrected chi connectivity index (χ3v) is 12.0. The second-order valence-corrected chi connectivity index (χ2v) is 15.7. The minimum atomic E-state index is -0.816. The number of rotatable bonds is 10. The Morgan fingerprint density at radius 3 is 2.29 bits per heavy atom. The molecule has 0 spiro atoms. The van der Waals surface area contributed by atoms with Crippen LogP contribution in [0.15, 0.2) is 36.4 Å². The largest absolute Gasteiger partial charge is 0.371 e. The minimum absolute atomic E-state index is 0.00225. The molecule has 5 fully saturated rings. The van der Waals surface area contributed by atoms with E-state index in [1.165, 1.54) is 17.0 Å². The third kappa shape index (κ3) is 8.25. The lowest BCUT2D eigenvalue weighted by Gasteiger charge is -2.40. The van der Waals surface area contributed by atoms with Gasteiger partial charge < -0.3 is 35.6 Å². The number of urea groups is 2. The molecule has 8 rings (SSSR count). The topological polar surface area (TPSA) is 180 Å². The van der Waals surface area contributed by atoms with Crippen molar-refractivity contribution in [2.45, 2.75) is 38.1 Å². The molecule has 0 radical (unpaired) electrons. The Kier molecular flexibility index (Phi) is 11.1. The highest BCUT2D eigenvalue weighted by Gasteiger charge is 2.35. The third-order valence-electron chi connectivity index (χ3n) is 12.0. The summed E-state index contributed by atoms with van der Waals surface area (Å²) in [5.74, 6) is -1.22. The van der Waals surface area contributed by atoms with Gasteiger partial charge in [0.1, 0.15) is 11.6 Å². The molecule has 5 saturated heterocycles. The van der Waals surface area contributed by atoms with Crippen molar-refractivity contribution in [2.24, 2.45) is 11.7 Å². The van der Waals surface area contributed by atoms with Crippen LogP contribution in [0.2, 0.25) is 0 Å². The van der Waals surface area contributed by atoms with Crippen LogP contribution in [0.1, 0.15) is 42.6 Å². The van der Waals surface area contributed by atoms with Crippen molar-refractivity contribution in [2.75, 3.05) is 111 Å². The van der Waals surface area contributed by atoms with Gasteiger partial charge in [0.2, 0.25) is 11.9 Å². The first-order valence-corrected chi connectivity index (χ1v) is 20.0. The number of primary amides is 1. The van der Waals surface area contributed by atoms with E-state index < -0.39 is 23.6 Å². The predicted molar refractivity (Wildman–Crippen MR) is 213 cm³/mol. The number of imide groups is 1. The second kappa shape index (κ2) is 16.6. The van der Waals surface area contributed by atoms with Crippen LogP contribution in [0.25, 0.3) is 0 Å². The monoisotopic (exact) mass is 801 g/mol. The van der Waals surface area contributed by atoms with Crippen molar-refractivity contribution >= 4 is 58.4 Å². The minimum Gasteiger partial charge on any atom is -0.371 e. The quantitative estimate of drug-likeness (QED) is 0.274. The zero-order chi connectivity index (χ0) is 40.5. The molecule has 17 nitrogen and oxygen atoms in total. The molecule has 308 valence electrons. The summed E-state index contributed by atoms with van der Waals surface area (Å²) in [6.07, 6.45) is 3.75. The number of benzene rings is 2. The van der Waals surface area contributed by atoms with Crippen molar-refractivity contribution in [3.8, 4) is 0 Å². The first-order chi connectivity index (χ1) is 28.0. The highest BCUT2D eigenvalue weighted by Crippen LogP contribution is 2.31. The molecule has 6 amide bonds. The molecule has 5 aliphatic rings. The summed E-state index contributed by atoms with van der Waals surface area (Å²) in [6, 6.07) is 9.14. The maximum atomic E-state index is 15.7. The van der Waals surface area contributed by atoms with Crippen LogP contribution in [0.5, 0.6) is 0 Å². The van der Waals surface area contributed by atoms with Gasteiger partial charge in [0, 0.05) is 103 Å². The van der Waals surface area contributed by atoms with Crippen molar-refractivity contribution in [3.63, 3.8) is 0 Å². The Balaban J connectivity index is 0.829. The van der Waals surface area contributed by atoms with Crippen molar-refractivity contribution in [1.82, 2.24) is 35.2 Å². The van der Waals surface area contributed by atoms with Crippen LogP contribution in [0.3, 0.4) is 0 Å². The molecule has 6 heterocycles. The summed E-state index contributed by atoms with van der Waals surface area (Å²) in [5, 5.41) is 13.5. The van der Waals surface area contributed by atoms with Crippen LogP contribution in [-0.4, -0.2) is 145 Å². The van der Waals surface area contributed by atoms with Gasteiger partial charge >= 0.3 is 12.1 Å². The molecule has 1 aromatic heterocycles. The molecular weight excluding hydrogens is 753 g/mol. The van der Waals surface area contributed by atoms with E-state index in [0.29, 0.717) is 62.5 Å². The van der Waals surface area contributed by atoms with Gasteiger partial charge in [-0.2, -0.15) is 4.98 Å². The molecule has 4 N–H and O–H groups in total. The average molecular weight is 802 g/mol. The Morgan fingerprint density at radius 1 is 0.845 bits per heavy atom. The number of nitrogens with one attached hydrogen (secondary N) is 2. The number of hydrogen-bond acceptors (Lipinski definition) is 12. The average Bonchev–Trinajstić information content (AvgIpc) is 3.55. The number of nitrogens with two attached hydrogens (primary N) is 1. The fourth-order valence-electron chi connectivity index (χ4n) is 8.70. The number of amides is 6. The van der Waals surface area contributed by atoms with E-state index in [-0.39, 0.29) is 48.1 Å². The van der Waals surface area contributed by atoms with Gasteiger partial charge in [-0.15, -0.1) is 10.2 Å². The van der Waals surface area contributed by atoms with Crippen LogP contribution in [-0.2, 0) is 4.79 Å². The Hall–Kier alpha value is -5.85. The molecule has 1 atom stereocenters. The molecular formula is C39H49F2N13O4. The van der Waals surface area contributed by atoms with E-state index in [0.717, 1.165) is 64.1 Å². The van der Waals surface area contributed by atoms with Crippen LogP contribution < -0.4 is 36.0 Å². The highest BCUT2D eigenvalue weighted by atomic mass is 19.1. The Labute approximate surface area is 335 Å². The smallest absolute Gasteiger partial charge is 0.328 e. The van der Waals surface area contributed by atoms with E-state index in [1.54, 1.807) is 30.1 Å². The number of carbonyl (C=O) groups is 4. The van der Waals surface area contributed by atoms with E-state index in [2.05, 4.69) is 35.6 Å². The zero-order valence-corrected chi connectivity index (χ0v) is 32.6. The van der Waals surface area contributed by atoms with Gasteiger partial charge in [0.05, 0.1) is 17.4 Å². The molecule has 0 bridgehead atoms. The number of hydrogen-bond donors (Lipinski definition) is 3. The van der Waals surface area contributed by atoms with Crippen molar-refractivity contribution in [1.29, 1.82) is 0 Å². The molecule has 5 aliphatic heterocycles. The molecule has 0 aliphatic carbocycles. The summed E-state index contributed by atoms with van der Waals surface area (Å²) >= 11 is 0. The summed E-state index contributed by atoms with van der Waals surface area (Å²) < 4.78 is 30.8. The molecule has 0 saturated carbocycles. The van der Waals surface area contributed by atoms with Gasteiger partial charge in [0.25, 0.3) is 5.91 Å². The molecule has 1 unspecified atom stereocenters. The summed E-state index contributed by atoms with van der Waals surface area (Å²) in [7, 11) is 1.79.